The fourth-order valence-electron chi connectivity index (χ4n) is 4.38. The number of hydrogen-bond acceptors (Lipinski definition) is 9. The van der Waals surface area contributed by atoms with Gasteiger partial charge < -0.3 is 23.8 Å². The number of ether oxygens (including phenoxy) is 4. The molecule has 12 nitrogen and oxygen atoms in total. The molecule has 1 rings (SSSR count). The molecule has 0 unspecified atom stereocenters. The Morgan fingerprint density at radius 3 is 1.71 bits per heavy atom. The van der Waals surface area contributed by atoms with Crippen molar-refractivity contribution in [2.24, 2.45) is 11.8 Å². The van der Waals surface area contributed by atoms with Crippen LogP contribution in [-0.4, -0.2) is 90.9 Å². The van der Waals surface area contributed by atoms with Crippen LogP contribution >= 0.6 is 0 Å². The number of nitrogens with one attached hydrogen (secondary N) is 1. The van der Waals surface area contributed by atoms with E-state index < -0.39 is 53.8 Å². The summed E-state index contributed by atoms with van der Waals surface area (Å²) in [5.74, 6) is -1.88. The maximum Gasteiger partial charge on any atom is 0.411 e. The minimum atomic E-state index is -1.34. The van der Waals surface area contributed by atoms with E-state index in [9.17, 15) is 24.0 Å². The molecule has 0 radical (unpaired) electrons. The predicted octanol–water partition coefficient (Wildman–Crippen LogP) is 5.43. The minimum absolute atomic E-state index is 0.000318. The maximum atomic E-state index is 14.0. The van der Waals surface area contributed by atoms with Crippen LogP contribution in [-0.2, 0) is 39.8 Å². The molecule has 0 spiro atoms. The smallest absolute Gasteiger partial charge is 0.411 e. The molecule has 1 aromatic rings. The summed E-state index contributed by atoms with van der Waals surface area (Å²) < 4.78 is 21.5. The van der Waals surface area contributed by atoms with Crippen molar-refractivity contribution in [1.82, 2.24) is 9.80 Å². The molecule has 254 valence electrons. The Kier molecular flexibility index (Phi) is 15.3. The van der Waals surface area contributed by atoms with E-state index >= 15 is 0 Å². The number of carbonyl (C=O) groups is 5. The monoisotopic (exact) mass is 635 g/mol. The summed E-state index contributed by atoms with van der Waals surface area (Å²) in [6, 6.07) is 4.65. The van der Waals surface area contributed by atoms with Crippen LogP contribution in [0.15, 0.2) is 24.3 Å². The van der Waals surface area contributed by atoms with Gasteiger partial charge in [-0.1, -0.05) is 39.8 Å². The first-order valence-electron chi connectivity index (χ1n) is 15.3. The summed E-state index contributed by atoms with van der Waals surface area (Å²) in [5, 5.41) is 2.56. The highest BCUT2D eigenvalue weighted by Crippen LogP contribution is 2.21. The quantitative estimate of drug-likeness (QED) is 0.209. The SMILES string of the molecule is COC(=O)Nc1ccc(C[C@@H](OC(=O)[C@H](CC(C)C)N(C)C(=O)OC(C)(C)C)C(=O)N(C)[C@@H](CC(C)C)C(=O)OC(C)C)cc1. The Morgan fingerprint density at radius 1 is 0.778 bits per heavy atom. The summed E-state index contributed by atoms with van der Waals surface area (Å²) in [5.41, 5.74) is 0.298. The summed E-state index contributed by atoms with van der Waals surface area (Å²) in [6.07, 6.45) is -2.51. The third-order valence-electron chi connectivity index (χ3n) is 6.59. The third-order valence-corrected chi connectivity index (χ3v) is 6.59. The second kappa shape index (κ2) is 17.6. The van der Waals surface area contributed by atoms with Gasteiger partial charge in [0.15, 0.2) is 6.10 Å². The highest BCUT2D eigenvalue weighted by Gasteiger charge is 2.38. The van der Waals surface area contributed by atoms with Crippen molar-refractivity contribution in [3.05, 3.63) is 29.8 Å². The molecule has 0 aliphatic rings. The van der Waals surface area contributed by atoms with Crippen molar-refractivity contribution >= 4 is 35.7 Å². The number of anilines is 1. The number of benzene rings is 1. The van der Waals surface area contributed by atoms with E-state index in [1.807, 2.05) is 27.7 Å². The van der Waals surface area contributed by atoms with Crippen molar-refractivity contribution in [2.75, 3.05) is 26.5 Å². The van der Waals surface area contributed by atoms with Crippen LogP contribution in [0.4, 0.5) is 15.3 Å². The van der Waals surface area contributed by atoms with E-state index in [1.54, 1.807) is 58.9 Å². The van der Waals surface area contributed by atoms with Gasteiger partial charge in [-0.25, -0.2) is 19.2 Å². The fraction of sp³-hybridized carbons (Fsp3) is 0.667. The second-order valence-electron chi connectivity index (χ2n) is 13.3. The van der Waals surface area contributed by atoms with E-state index in [1.165, 1.54) is 31.0 Å². The van der Waals surface area contributed by atoms with Crippen LogP contribution in [0.1, 0.15) is 80.7 Å². The minimum Gasteiger partial charge on any atom is -0.461 e. The zero-order chi connectivity index (χ0) is 34.6. The Hall–Kier alpha value is -3.83. The van der Waals surface area contributed by atoms with Crippen molar-refractivity contribution in [1.29, 1.82) is 0 Å². The molecule has 3 amide bonds. The van der Waals surface area contributed by atoms with Crippen LogP contribution in [0.25, 0.3) is 0 Å². The number of likely N-dealkylation sites (N-methyl/N-ethyl adjacent to an activating group) is 2. The molecule has 12 heteroatoms. The van der Waals surface area contributed by atoms with E-state index in [0.29, 0.717) is 17.7 Å². The normalized spacial score (nSPS) is 13.5. The first-order chi connectivity index (χ1) is 20.7. The Balaban J connectivity index is 3.48. The lowest BCUT2D eigenvalue weighted by Crippen LogP contribution is -2.52. The summed E-state index contributed by atoms with van der Waals surface area (Å²) in [6.45, 7) is 16.3. The van der Waals surface area contributed by atoms with Crippen molar-refractivity contribution < 1.29 is 42.9 Å². The van der Waals surface area contributed by atoms with Crippen LogP contribution < -0.4 is 5.32 Å². The van der Waals surface area contributed by atoms with Crippen LogP contribution in [0.3, 0.4) is 0 Å². The van der Waals surface area contributed by atoms with Crippen molar-refractivity contribution in [3.8, 4) is 0 Å². The van der Waals surface area contributed by atoms with Gasteiger partial charge in [-0.3, -0.25) is 15.0 Å². The maximum absolute atomic E-state index is 14.0. The fourth-order valence-corrected chi connectivity index (χ4v) is 4.38. The number of hydrogen-bond donors (Lipinski definition) is 1. The van der Waals surface area contributed by atoms with E-state index in [-0.39, 0.29) is 30.8 Å². The van der Waals surface area contributed by atoms with Gasteiger partial charge in [-0.15, -0.1) is 0 Å². The van der Waals surface area contributed by atoms with E-state index in [0.717, 1.165) is 0 Å². The van der Waals surface area contributed by atoms with Crippen LogP contribution in [0, 0.1) is 11.8 Å². The Labute approximate surface area is 268 Å². The molecule has 0 aliphatic carbocycles. The predicted molar refractivity (Wildman–Crippen MR) is 171 cm³/mol. The first kappa shape index (κ1) is 39.2. The molecule has 1 aromatic carbocycles. The van der Waals surface area contributed by atoms with E-state index in [4.69, 9.17) is 14.2 Å². The molecule has 3 atom stereocenters. The molecule has 0 fully saturated rings. The topological polar surface area (TPSA) is 141 Å². The molecule has 0 aromatic heterocycles. The largest absolute Gasteiger partial charge is 0.461 e. The van der Waals surface area contributed by atoms with Gasteiger partial charge in [-0.2, -0.15) is 0 Å². The Morgan fingerprint density at radius 2 is 1.27 bits per heavy atom. The van der Waals surface area contributed by atoms with Crippen molar-refractivity contribution in [2.45, 2.75) is 111 Å². The number of carbonyl (C=O) groups excluding carboxylic acids is 5. The summed E-state index contributed by atoms with van der Waals surface area (Å²) in [4.78, 5) is 67.8. The van der Waals surface area contributed by atoms with Gasteiger partial charge >= 0.3 is 24.1 Å². The van der Waals surface area contributed by atoms with Gasteiger partial charge in [0.1, 0.15) is 17.7 Å². The molecular formula is C33H53N3O9. The van der Waals surface area contributed by atoms with Gasteiger partial charge in [0.25, 0.3) is 5.91 Å². The number of rotatable bonds is 14. The zero-order valence-electron chi connectivity index (χ0n) is 29.0. The summed E-state index contributed by atoms with van der Waals surface area (Å²) >= 11 is 0. The first-order valence-corrected chi connectivity index (χ1v) is 15.3. The lowest BCUT2D eigenvalue weighted by atomic mass is 10.0. The molecule has 0 saturated heterocycles. The standard InChI is InChI=1S/C33H53N3O9/c1-20(2)17-25(29(38)43-22(5)6)35(10)28(37)27(19-23-13-15-24(16-14-23)34-31(40)42-12)44-30(39)26(18-21(3)4)36(11)32(41)45-33(7,8)9/h13-16,20-22,25-27H,17-19H2,1-12H3,(H,34,40)/t25-,26-,27+/m0/s1. The number of methoxy groups -OCH3 is 1. The molecular weight excluding hydrogens is 582 g/mol. The molecule has 0 saturated carbocycles. The highest BCUT2D eigenvalue weighted by atomic mass is 16.6. The van der Waals surface area contributed by atoms with Gasteiger partial charge in [0.2, 0.25) is 0 Å². The molecule has 0 aliphatic heterocycles. The third kappa shape index (κ3) is 13.8. The Bertz CT molecular complexity index is 1140. The number of nitrogens with zero attached hydrogens (tertiary/aromatic N) is 2. The van der Waals surface area contributed by atoms with Crippen LogP contribution in [0.2, 0.25) is 0 Å². The van der Waals surface area contributed by atoms with Gasteiger partial charge in [-0.05, 0) is 77.0 Å². The molecule has 45 heavy (non-hydrogen) atoms. The molecule has 1 N–H and O–H groups in total. The number of amides is 3. The van der Waals surface area contributed by atoms with Crippen LogP contribution in [0.5, 0.6) is 0 Å². The van der Waals surface area contributed by atoms with Gasteiger partial charge in [0, 0.05) is 26.2 Å². The number of esters is 2. The zero-order valence-corrected chi connectivity index (χ0v) is 29.0. The average Bonchev–Trinajstić information content (AvgIpc) is 2.92. The lowest BCUT2D eigenvalue weighted by molar-refractivity contribution is -0.168. The molecule has 0 bridgehead atoms. The second-order valence-corrected chi connectivity index (χ2v) is 13.3. The van der Waals surface area contributed by atoms with Crippen molar-refractivity contribution in [3.63, 3.8) is 0 Å². The van der Waals surface area contributed by atoms with Gasteiger partial charge in [0.05, 0.1) is 13.2 Å². The average molecular weight is 636 g/mol. The van der Waals surface area contributed by atoms with E-state index in [2.05, 4.69) is 10.1 Å². The lowest BCUT2D eigenvalue weighted by Gasteiger charge is -2.33. The highest BCUT2D eigenvalue weighted by molar-refractivity contribution is 5.90. The molecule has 0 heterocycles. The summed E-state index contributed by atoms with van der Waals surface area (Å²) in [7, 11) is 4.19.